The topological polar surface area (TPSA) is 47.7 Å². The van der Waals surface area contributed by atoms with Gasteiger partial charge in [0.15, 0.2) is 11.6 Å². The van der Waals surface area contributed by atoms with E-state index in [0.29, 0.717) is 22.6 Å². The van der Waals surface area contributed by atoms with Crippen molar-refractivity contribution in [3.63, 3.8) is 0 Å². The molecule has 3 aromatic rings. The lowest BCUT2D eigenvalue weighted by Gasteiger charge is -2.28. The molecule has 0 aliphatic rings. The summed E-state index contributed by atoms with van der Waals surface area (Å²) in [5, 5.41) is 0. The molecule has 0 atom stereocenters. The average Bonchev–Trinajstić information content (AvgIpc) is 2.78. The van der Waals surface area contributed by atoms with E-state index in [4.69, 9.17) is 15.2 Å². The first-order valence-corrected chi connectivity index (χ1v) is 10.4. The van der Waals surface area contributed by atoms with Gasteiger partial charge in [-0.25, -0.2) is 8.78 Å². The summed E-state index contributed by atoms with van der Waals surface area (Å²) < 4.78 is 79.7. The SMILES string of the molecule is COc1ccc(CN(Cc2ccc(OC)cc2)c2c(F)c(N)c(C(F)(F)F)c(Br)c2F)cc1. The van der Waals surface area contributed by atoms with Crippen LogP contribution in [0.3, 0.4) is 0 Å². The van der Waals surface area contributed by atoms with E-state index in [0.717, 1.165) is 0 Å². The summed E-state index contributed by atoms with van der Waals surface area (Å²) in [5.41, 5.74) is 3.35. The van der Waals surface area contributed by atoms with Gasteiger partial charge in [-0.3, -0.25) is 0 Å². The monoisotopic (exact) mass is 530 g/mol. The van der Waals surface area contributed by atoms with Gasteiger partial charge in [-0.2, -0.15) is 13.2 Å². The van der Waals surface area contributed by atoms with Gasteiger partial charge in [0.05, 0.1) is 29.9 Å². The second-order valence-corrected chi connectivity index (χ2v) is 7.92. The van der Waals surface area contributed by atoms with Gasteiger partial charge in [0.25, 0.3) is 0 Å². The molecule has 4 nitrogen and oxygen atoms in total. The molecule has 0 unspecified atom stereocenters. The largest absolute Gasteiger partial charge is 0.497 e. The summed E-state index contributed by atoms with van der Waals surface area (Å²) >= 11 is 2.63. The molecular formula is C23H20BrF5N2O2. The maximum absolute atomic E-state index is 15.2. The van der Waals surface area contributed by atoms with Gasteiger partial charge in [-0.1, -0.05) is 24.3 Å². The summed E-state index contributed by atoms with van der Waals surface area (Å²) in [7, 11) is 3.00. The highest BCUT2D eigenvalue weighted by atomic mass is 79.9. The third-order valence-corrected chi connectivity index (χ3v) is 5.74. The van der Waals surface area contributed by atoms with Gasteiger partial charge in [0.2, 0.25) is 0 Å². The number of ether oxygens (including phenoxy) is 2. The fraction of sp³-hybridized carbons (Fsp3) is 0.217. The highest BCUT2D eigenvalue weighted by Crippen LogP contribution is 2.45. The molecule has 0 bridgehead atoms. The number of alkyl halides is 3. The van der Waals surface area contributed by atoms with E-state index in [-0.39, 0.29) is 13.1 Å². The first-order chi connectivity index (χ1) is 15.6. The van der Waals surface area contributed by atoms with Crippen molar-refractivity contribution in [3.05, 3.63) is 81.3 Å². The molecule has 0 radical (unpaired) electrons. The van der Waals surface area contributed by atoms with Crippen molar-refractivity contribution in [2.24, 2.45) is 0 Å². The summed E-state index contributed by atoms with van der Waals surface area (Å²) in [6.07, 6.45) is -5.04. The summed E-state index contributed by atoms with van der Waals surface area (Å²) in [5.74, 6) is -1.71. The molecule has 3 aromatic carbocycles. The number of nitrogens with zero attached hydrogens (tertiary/aromatic N) is 1. The quantitative estimate of drug-likeness (QED) is 0.213. The number of rotatable bonds is 7. The third kappa shape index (κ3) is 5.32. The van der Waals surface area contributed by atoms with Crippen LogP contribution in [0.4, 0.5) is 33.3 Å². The first-order valence-electron chi connectivity index (χ1n) is 9.60. The molecule has 0 aromatic heterocycles. The lowest BCUT2D eigenvalue weighted by molar-refractivity contribution is -0.137. The van der Waals surface area contributed by atoms with Crippen molar-refractivity contribution < 1.29 is 31.4 Å². The Labute approximate surface area is 195 Å². The van der Waals surface area contributed by atoms with Crippen molar-refractivity contribution in [3.8, 4) is 11.5 Å². The van der Waals surface area contributed by atoms with E-state index in [1.54, 1.807) is 48.5 Å². The summed E-state index contributed by atoms with van der Waals surface area (Å²) in [6, 6.07) is 13.5. The van der Waals surface area contributed by atoms with Gasteiger partial charge in [0.1, 0.15) is 17.2 Å². The molecule has 0 heterocycles. The van der Waals surface area contributed by atoms with Crippen molar-refractivity contribution in [1.82, 2.24) is 0 Å². The van der Waals surface area contributed by atoms with Crippen LogP contribution in [0.15, 0.2) is 53.0 Å². The minimum absolute atomic E-state index is 0.0128. The standard InChI is InChI=1S/C23H20BrF5N2O2/c1-32-15-7-3-13(4-8-15)11-31(12-14-5-9-16(33-2)10-6-14)22-19(25)18(24)17(23(27,28)29)21(30)20(22)26/h3-10H,11-12,30H2,1-2H3. The molecule has 3 rings (SSSR count). The normalized spacial score (nSPS) is 11.4. The molecule has 176 valence electrons. The predicted molar refractivity (Wildman–Crippen MR) is 119 cm³/mol. The predicted octanol–water partition coefficient (Wildman–Crippen LogP) is 6.55. The second kappa shape index (κ2) is 9.86. The van der Waals surface area contributed by atoms with E-state index < -0.39 is 39.2 Å². The Kier molecular flexibility index (Phi) is 7.36. The molecule has 33 heavy (non-hydrogen) atoms. The van der Waals surface area contributed by atoms with E-state index in [1.165, 1.54) is 19.1 Å². The molecule has 0 amide bonds. The van der Waals surface area contributed by atoms with Gasteiger partial charge < -0.3 is 20.1 Å². The Hall–Kier alpha value is -3.01. The fourth-order valence-corrected chi connectivity index (χ4v) is 3.96. The van der Waals surface area contributed by atoms with Gasteiger partial charge in [-0.15, -0.1) is 0 Å². The second-order valence-electron chi connectivity index (χ2n) is 7.13. The highest BCUT2D eigenvalue weighted by molar-refractivity contribution is 9.10. The van der Waals surface area contributed by atoms with Crippen LogP contribution in [0, 0.1) is 11.6 Å². The van der Waals surface area contributed by atoms with Crippen LogP contribution in [0.25, 0.3) is 0 Å². The highest BCUT2D eigenvalue weighted by Gasteiger charge is 2.40. The van der Waals surface area contributed by atoms with Gasteiger partial charge in [0, 0.05) is 13.1 Å². The van der Waals surface area contributed by atoms with Gasteiger partial charge >= 0.3 is 6.18 Å². The maximum atomic E-state index is 15.2. The molecule has 0 fully saturated rings. The Morgan fingerprint density at radius 2 is 1.24 bits per heavy atom. The Balaban J connectivity index is 2.11. The number of nitrogen functional groups attached to an aromatic ring is 1. The zero-order valence-electron chi connectivity index (χ0n) is 17.6. The van der Waals surface area contributed by atoms with E-state index in [9.17, 15) is 13.2 Å². The van der Waals surface area contributed by atoms with Gasteiger partial charge in [-0.05, 0) is 51.3 Å². The molecular weight excluding hydrogens is 511 g/mol. The minimum Gasteiger partial charge on any atom is -0.497 e. The molecule has 0 aliphatic carbocycles. The van der Waals surface area contributed by atoms with Crippen LogP contribution < -0.4 is 20.1 Å². The van der Waals surface area contributed by atoms with Crippen LogP contribution in [-0.2, 0) is 19.3 Å². The Morgan fingerprint density at radius 3 is 1.61 bits per heavy atom. The van der Waals surface area contributed by atoms with Crippen molar-refractivity contribution in [2.45, 2.75) is 19.3 Å². The van der Waals surface area contributed by atoms with E-state index >= 15 is 8.78 Å². The number of hydrogen-bond donors (Lipinski definition) is 1. The molecule has 10 heteroatoms. The number of methoxy groups -OCH3 is 2. The van der Waals surface area contributed by atoms with Crippen molar-refractivity contribution in [1.29, 1.82) is 0 Å². The number of benzene rings is 3. The molecule has 0 saturated carbocycles. The number of anilines is 2. The number of halogens is 6. The lowest BCUT2D eigenvalue weighted by Crippen LogP contribution is -2.26. The zero-order valence-corrected chi connectivity index (χ0v) is 19.2. The average molecular weight is 531 g/mol. The Morgan fingerprint density at radius 1 is 0.818 bits per heavy atom. The van der Waals surface area contributed by atoms with E-state index in [1.807, 2.05) is 0 Å². The number of nitrogens with two attached hydrogens (primary N) is 1. The minimum atomic E-state index is -5.04. The Bertz CT molecular complexity index is 1040. The maximum Gasteiger partial charge on any atom is 0.419 e. The van der Waals surface area contributed by atoms with Crippen LogP contribution >= 0.6 is 15.9 Å². The van der Waals surface area contributed by atoms with Crippen molar-refractivity contribution >= 4 is 27.3 Å². The molecule has 0 saturated heterocycles. The van der Waals surface area contributed by atoms with Crippen LogP contribution in [0.2, 0.25) is 0 Å². The molecule has 0 spiro atoms. The van der Waals surface area contributed by atoms with Crippen LogP contribution in [0.5, 0.6) is 11.5 Å². The number of hydrogen-bond acceptors (Lipinski definition) is 4. The zero-order chi connectivity index (χ0) is 24.3. The molecule has 0 aliphatic heterocycles. The van der Waals surface area contributed by atoms with E-state index in [2.05, 4.69) is 15.9 Å². The van der Waals surface area contributed by atoms with Crippen LogP contribution in [-0.4, -0.2) is 14.2 Å². The fourth-order valence-electron chi connectivity index (χ4n) is 3.34. The first kappa shape index (κ1) is 24.6. The van der Waals surface area contributed by atoms with Crippen LogP contribution in [0.1, 0.15) is 16.7 Å². The molecule has 2 N–H and O–H groups in total. The lowest BCUT2D eigenvalue weighted by atomic mass is 10.1. The summed E-state index contributed by atoms with van der Waals surface area (Å²) in [4.78, 5) is 1.29. The third-order valence-electron chi connectivity index (χ3n) is 5.00. The van der Waals surface area contributed by atoms with Crippen molar-refractivity contribution in [2.75, 3.05) is 24.9 Å². The summed E-state index contributed by atoms with van der Waals surface area (Å²) in [6.45, 7) is -0.0256. The smallest absolute Gasteiger partial charge is 0.419 e.